The highest BCUT2D eigenvalue weighted by molar-refractivity contribution is 6.01. The van der Waals surface area contributed by atoms with Crippen molar-refractivity contribution in [1.29, 1.82) is 0 Å². The average Bonchev–Trinajstić information content (AvgIpc) is 3.12. The largest absolute Gasteiger partial charge is 0.492 e. The van der Waals surface area contributed by atoms with Gasteiger partial charge in [0.1, 0.15) is 17.3 Å². The van der Waals surface area contributed by atoms with E-state index in [0.29, 0.717) is 51.7 Å². The maximum atomic E-state index is 13.3. The van der Waals surface area contributed by atoms with E-state index < -0.39 is 6.43 Å². The van der Waals surface area contributed by atoms with Crippen molar-refractivity contribution in [1.82, 2.24) is 19.9 Å². The first-order valence-electron chi connectivity index (χ1n) is 9.60. The number of pyridine rings is 3. The van der Waals surface area contributed by atoms with Gasteiger partial charge in [0.15, 0.2) is 0 Å². The van der Waals surface area contributed by atoms with Crippen LogP contribution in [0.1, 0.15) is 26.0 Å². The fourth-order valence-electron chi connectivity index (χ4n) is 3.31. The second-order valence-corrected chi connectivity index (χ2v) is 6.73. The summed E-state index contributed by atoms with van der Waals surface area (Å²) in [6.45, 7) is 3.74. The van der Waals surface area contributed by atoms with Gasteiger partial charge in [0.25, 0.3) is 6.43 Å². The van der Waals surface area contributed by atoms with E-state index in [0.717, 1.165) is 0 Å². The molecule has 0 bridgehead atoms. The Labute approximate surface area is 176 Å². The summed E-state index contributed by atoms with van der Waals surface area (Å²) in [5.74, 6) is 0.694. The summed E-state index contributed by atoms with van der Waals surface area (Å²) in [5, 5.41) is 2.64. The average molecular weight is 423 g/mol. The summed E-state index contributed by atoms with van der Waals surface area (Å²) in [4.78, 5) is 27.5. The topological polar surface area (TPSA) is 92.8 Å². The smallest absolute Gasteiger partial charge is 0.280 e. The molecule has 0 spiro atoms. The summed E-state index contributed by atoms with van der Waals surface area (Å²) in [6.07, 6.45) is 0.440. The van der Waals surface area contributed by atoms with Gasteiger partial charge in [-0.05, 0) is 31.2 Å². The predicted molar refractivity (Wildman–Crippen MR) is 113 cm³/mol. The number of hydrogen-bond donors (Lipinski definition) is 2. The number of fused-ring (bicyclic) bond motifs is 1. The van der Waals surface area contributed by atoms with Gasteiger partial charge in [0.05, 0.1) is 40.8 Å². The Bertz CT molecular complexity index is 1260. The molecule has 0 saturated heterocycles. The van der Waals surface area contributed by atoms with Crippen LogP contribution in [0.5, 0.6) is 5.75 Å². The molecule has 31 heavy (non-hydrogen) atoms. The molecule has 9 heteroatoms. The van der Waals surface area contributed by atoms with E-state index in [1.165, 1.54) is 19.1 Å². The number of halogens is 2. The van der Waals surface area contributed by atoms with E-state index in [-0.39, 0.29) is 11.6 Å². The summed E-state index contributed by atoms with van der Waals surface area (Å²) >= 11 is 0. The zero-order valence-corrected chi connectivity index (χ0v) is 16.8. The molecule has 4 aromatic rings. The lowest BCUT2D eigenvalue weighted by atomic mass is 10.0. The number of nitrogens with zero attached hydrogens (tertiary/aromatic N) is 3. The Morgan fingerprint density at radius 1 is 1.23 bits per heavy atom. The van der Waals surface area contributed by atoms with Gasteiger partial charge >= 0.3 is 0 Å². The second kappa shape index (κ2) is 8.47. The van der Waals surface area contributed by atoms with Crippen LogP contribution in [0, 0.1) is 0 Å². The molecule has 7 nitrogen and oxygen atoms in total. The highest BCUT2D eigenvalue weighted by Gasteiger charge is 2.20. The number of carbonyl (C=O) groups excluding carboxylic acids is 1. The molecule has 4 rings (SSSR count). The number of carbonyl (C=O) groups is 1. The van der Waals surface area contributed by atoms with E-state index in [4.69, 9.17) is 4.74 Å². The van der Waals surface area contributed by atoms with Gasteiger partial charge in [0.2, 0.25) is 5.91 Å². The lowest BCUT2D eigenvalue weighted by Crippen LogP contribution is -2.07. The van der Waals surface area contributed by atoms with Crippen molar-refractivity contribution < 1.29 is 18.3 Å². The van der Waals surface area contributed by atoms with Gasteiger partial charge in [-0.25, -0.2) is 18.7 Å². The number of nitrogens with one attached hydrogen (secondary N) is 2. The molecule has 4 aromatic heterocycles. The first kappa shape index (κ1) is 20.4. The molecule has 0 aliphatic heterocycles. The molecular formula is C22H19F2N5O2. The fraction of sp³-hybridized carbons (Fsp3) is 0.182. The molecule has 0 atom stereocenters. The van der Waals surface area contributed by atoms with Gasteiger partial charge in [-0.3, -0.25) is 9.78 Å². The van der Waals surface area contributed by atoms with Crippen LogP contribution in [-0.2, 0) is 4.79 Å². The molecule has 0 aromatic carbocycles. The molecule has 0 fully saturated rings. The first-order valence-corrected chi connectivity index (χ1v) is 9.60. The summed E-state index contributed by atoms with van der Waals surface area (Å²) < 4.78 is 32.1. The van der Waals surface area contributed by atoms with Crippen LogP contribution < -0.4 is 10.1 Å². The van der Waals surface area contributed by atoms with Gasteiger partial charge < -0.3 is 15.0 Å². The number of H-pyrrole nitrogens is 1. The number of anilines is 1. The van der Waals surface area contributed by atoms with Crippen LogP contribution in [0.25, 0.3) is 33.5 Å². The Kier molecular flexibility index (Phi) is 5.57. The predicted octanol–water partition coefficient (Wildman–Crippen LogP) is 4.98. The second-order valence-electron chi connectivity index (χ2n) is 6.73. The molecule has 0 aliphatic carbocycles. The standard InChI is InChI=1S/C22H19F2N5O2/c1-3-31-14-10-17-21(26-11-14)19(15-5-4-6-16(28-15)22(23)24)20(29-17)13-7-8-25-18(9-13)27-12(2)30/h4-11,22,29H,3H2,1-2H3,(H,25,27,30). The first-order chi connectivity index (χ1) is 15.0. The molecule has 0 unspecified atom stereocenters. The van der Waals surface area contributed by atoms with Crippen molar-refractivity contribution in [2.24, 2.45) is 0 Å². The summed E-state index contributed by atoms with van der Waals surface area (Å²) in [5.41, 5.74) is 3.14. The fourth-order valence-corrected chi connectivity index (χ4v) is 3.31. The third kappa shape index (κ3) is 4.20. The number of rotatable bonds is 6. The number of hydrogen-bond acceptors (Lipinski definition) is 5. The summed E-state index contributed by atoms with van der Waals surface area (Å²) in [7, 11) is 0. The van der Waals surface area contributed by atoms with Gasteiger partial charge in [-0.1, -0.05) is 6.07 Å². The minimum absolute atomic E-state index is 0.254. The van der Waals surface area contributed by atoms with Crippen molar-refractivity contribution in [2.45, 2.75) is 20.3 Å². The van der Waals surface area contributed by atoms with Crippen molar-refractivity contribution in [3.05, 3.63) is 54.5 Å². The highest BCUT2D eigenvalue weighted by Crippen LogP contribution is 2.38. The third-order valence-electron chi connectivity index (χ3n) is 4.52. The van der Waals surface area contributed by atoms with Crippen LogP contribution in [0.4, 0.5) is 14.6 Å². The van der Waals surface area contributed by atoms with Crippen LogP contribution in [-0.4, -0.2) is 32.4 Å². The maximum Gasteiger partial charge on any atom is 0.280 e. The SMILES string of the molecule is CCOc1cnc2c(-c3cccc(C(F)F)n3)c(-c3ccnc(NC(C)=O)c3)[nH]c2c1. The number of alkyl halides is 2. The maximum absolute atomic E-state index is 13.3. The summed E-state index contributed by atoms with van der Waals surface area (Å²) in [6, 6.07) is 9.72. The van der Waals surface area contributed by atoms with Crippen molar-refractivity contribution in [3.8, 4) is 28.3 Å². The van der Waals surface area contributed by atoms with Crippen molar-refractivity contribution >= 4 is 22.8 Å². The van der Waals surface area contributed by atoms with Crippen LogP contribution in [0.2, 0.25) is 0 Å². The zero-order chi connectivity index (χ0) is 22.0. The van der Waals surface area contributed by atoms with Crippen molar-refractivity contribution in [3.63, 3.8) is 0 Å². The van der Waals surface area contributed by atoms with E-state index in [1.54, 1.807) is 36.7 Å². The van der Waals surface area contributed by atoms with Gasteiger partial charge in [-0.2, -0.15) is 0 Å². The molecule has 2 N–H and O–H groups in total. The Balaban J connectivity index is 1.94. The lowest BCUT2D eigenvalue weighted by molar-refractivity contribution is -0.114. The third-order valence-corrected chi connectivity index (χ3v) is 4.52. The minimum atomic E-state index is -2.70. The number of aromatic nitrogens is 4. The normalized spacial score (nSPS) is 11.1. The molecular weight excluding hydrogens is 404 g/mol. The van der Waals surface area contributed by atoms with E-state index >= 15 is 0 Å². The number of aromatic amines is 1. The zero-order valence-electron chi connectivity index (χ0n) is 16.8. The monoisotopic (exact) mass is 423 g/mol. The lowest BCUT2D eigenvalue weighted by Gasteiger charge is -2.08. The van der Waals surface area contributed by atoms with Crippen LogP contribution in [0.15, 0.2) is 48.8 Å². The molecule has 158 valence electrons. The molecule has 0 saturated carbocycles. The molecule has 0 radical (unpaired) electrons. The van der Waals surface area contributed by atoms with Crippen LogP contribution in [0.3, 0.4) is 0 Å². The Morgan fingerprint density at radius 2 is 2.06 bits per heavy atom. The number of amides is 1. The van der Waals surface area contributed by atoms with E-state index in [9.17, 15) is 13.6 Å². The van der Waals surface area contributed by atoms with Crippen LogP contribution >= 0.6 is 0 Å². The van der Waals surface area contributed by atoms with E-state index in [2.05, 4.69) is 25.3 Å². The highest BCUT2D eigenvalue weighted by atomic mass is 19.3. The molecule has 0 aliphatic rings. The minimum Gasteiger partial charge on any atom is -0.492 e. The van der Waals surface area contributed by atoms with E-state index in [1.807, 2.05) is 6.92 Å². The van der Waals surface area contributed by atoms with Gasteiger partial charge in [0, 0.05) is 24.8 Å². The van der Waals surface area contributed by atoms with Crippen molar-refractivity contribution in [2.75, 3.05) is 11.9 Å². The number of ether oxygens (including phenoxy) is 1. The quantitative estimate of drug-likeness (QED) is 0.456. The molecule has 1 amide bonds. The molecule has 4 heterocycles. The van der Waals surface area contributed by atoms with Gasteiger partial charge in [-0.15, -0.1) is 0 Å². The Hall–Kier alpha value is -3.88. The Morgan fingerprint density at radius 3 is 2.81 bits per heavy atom.